The van der Waals surface area contributed by atoms with Gasteiger partial charge < -0.3 is 10.3 Å². The Morgan fingerprint density at radius 1 is 1.09 bits per heavy atom. The molecule has 23 heavy (non-hydrogen) atoms. The fraction of sp³-hybridized carbons (Fsp3) is 0.0588. The van der Waals surface area contributed by atoms with E-state index < -0.39 is 0 Å². The van der Waals surface area contributed by atoms with E-state index in [1.807, 2.05) is 18.2 Å². The number of hydrogen-bond acceptors (Lipinski definition) is 3. The van der Waals surface area contributed by atoms with Crippen LogP contribution in [0.15, 0.2) is 48.8 Å². The first-order valence-electron chi connectivity index (χ1n) is 7.11. The number of nitrogens with zero attached hydrogens (tertiary/aromatic N) is 2. The van der Waals surface area contributed by atoms with Crippen molar-refractivity contribution in [1.29, 1.82) is 0 Å². The lowest BCUT2D eigenvalue weighted by Crippen LogP contribution is -2.02. The second kappa shape index (κ2) is 5.52. The molecule has 0 saturated carbocycles. The van der Waals surface area contributed by atoms with E-state index in [1.54, 1.807) is 12.1 Å². The minimum absolute atomic E-state index is 0.245. The van der Waals surface area contributed by atoms with Gasteiger partial charge in [0.2, 0.25) is 0 Å². The average Bonchev–Trinajstić information content (AvgIpc) is 2.93. The van der Waals surface area contributed by atoms with Crippen molar-refractivity contribution < 1.29 is 4.39 Å². The second-order valence-corrected chi connectivity index (χ2v) is 5.68. The fourth-order valence-electron chi connectivity index (χ4n) is 2.59. The summed E-state index contributed by atoms with van der Waals surface area (Å²) in [5, 5.41) is 4.88. The Hall–Kier alpha value is -2.66. The third kappa shape index (κ3) is 2.59. The molecule has 114 valence electrons. The quantitative estimate of drug-likeness (QED) is 0.582. The highest BCUT2D eigenvalue weighted by molar-refractivity contribution is 6.31. The lowest BCUT2D eigenvalue weighted by Gasteiger charge is -2.06. The summed E-state index contributed by atoms with van der Waals surface area (Å²) in [6.07, 6.45) is 1.52. The minimum atomic E-state index is -0.245. The summed E-state index contributed by atoms with van der Waals surface area (Å²) < 4.78 is 13.0. The Balaban J connectivity index is 1.72. The molecule has 0 aliphatic rings. The molecule has 0 amide bonds. The van der Waals surface area contributed by atoms with Crippen molar-refractivity contribution in [3.63, 3.8) is 0 Å². The molecule has 0 spiro atoms. The van der Waals surface area contributed by atoms with Gasteiger partial charge in [0.1, 0.15) is 23.2 Å². The van der Waals surface area contributed by atoms with Gasteiger partial charge in [0.05, 0.1) is 0 Å². The zero-order valence-electron chi connectivity index (χ0n) is 12.0. The predicted octanol–water partition coefficient (Wildman–Crippen LogP) is 4.52. The van der Waals surface area contributed by atoms with Crippen LogP contribution in [0.1, 0.15) is 5.56 Å². The van der Waals surface area contributed by atoms with E-state index in [9.17, 15) is 4.39 Å². The number of nitrogens with one attached hydrogen (secondary N) is 2. The van der Waals surface area contributed by atoms with Crippen molar-refractivity contribution in [1.82, 2.24) is 15.0 Å². The van der Waals surface area contributed by atoms with Crippen LogP contribution in [-0.4, -0.2) is 15.0 Å². The molecule has 4 rings (SSSR count). The third-order valence-electron chi connectivity index (χ3n) is 3.72. The van der Waals surface area contributed by atoms with Gasteiger partial charge >= 0.3 is 0 Å². The zero-order chi connectivity index (χ0) is 15.8. The van der Waals surface area contributed by atoms with Gasteiger partial charge in [-0.05, 0) is 35.9 Å². The van der Waals surface area contributed by atoms with E-state index >= 15 is 0 Å². The van der Waals surface area contributed by atoms with Crippen molar-refractivity contribution in [2.45, 2.75) is 6.54 Å². The monoisotopic (exact) mass is 326 g/mol. The van der Waals surface area contributed by atoms with Crippen LogP contribution in [-0.2, 0) is 6.54 Å². The van der Waals surface area contributed by atoms with Crippen molar-refractivity contribution in [3.05, 3.63) is 65.2 Å². The minimum Gasteiger partial charge on any atom is -0.364 e. The van der Waals surface area contributed by atoms with Crippen LogP contribution in [0.5, 0.6) is 0 Å². The number of anilines is 1. The Morgan fingerprint density at radius 2 is 1.91 bits per heavy atom. The summed E-state index contributed by atoms with van der Waals surface area (Å²) in [6, 6.07) is 12.0. The third-order valence-corrected chi connectivity index (χ3v) is 3.95. The number of hydrogen-bond donors (Lipinski definition) is 2. The summed E-state index contributed by atoms with van der Waals surface area (Å²) >= 11 is 6.07. The molecule has 0 aliphatic heterocycles. The van der Waals surface area contributed by atoms with Crippen molar-refractivity contribution in [2.75, 3.05) is 5.32 Å². The van der Waals surface area contributed by atoms with Crippen LogP contribution < -0.4 is 5.32 Å². The maximum absolute atomic E-state index is 13.0. The largest absolute Gasteiger partial charge is 0.364 e. The molecular formula is C17H12ClFN4. The summed E-state index contributed by atoms with van der Waals surface area (Å²) in [5.41, 5.74) is 3.57. The predicted molar refractivity (Wildman–Crippen MR) is 90.1 cm³/mol. The number of aromatic nitrogens is 3. The van der Waals surface area contributed by atoms with Gasteiger partial charge in [-0.1, -0.05) is 23.7 Å². The summed E-state index contributed by atoms with van der Waals surface area (Å²) in [4.78, 5) is 12.0. The zero-order valence-corrected chi connectivity index (χ0v) is 12.7. The van der Waals surface area contributed by atoms with E-state index in [1.165, 1.54) is 18.5 Å². The van der Waals surface area contributed by atoms with Crippen molar-refractivity contribution in [2.24, 2.45) is 0 Å². The molecule has 0 bridgehead atoms. The molecule has 6 heteroatoms. The molecular weight excluding hydrogens is 315 g/mol. The average molecular weight is 327 g/mol. The first-order valence-corrected chi connectivity index (χ1v) is 7.49. The first-order chi connectivity index (χ1) is 11.2. The van der Waals surface area contributed by atoms with Gasteiger partial charge in [0.15, 0.2) is 5.82 Å². The van der Waals surface area contributed by atoms with Gasteiger partial charge in [-0.2, -0.15) is 0 Å². The summed E-state index contributed by atoms with van der Waals surface area (Å²) in [7, 11) is 0. The van der Waals surface area contributed by atoms with Crippen LogP contribution in [0, 0.1) is 5.82 Å². The number of halogens is 2. The molecule has 0 atom stereocenters. The SMILES string of the molecule is Fc1ccc(CNc2ncnc3c2[nH]c2ccc(Cl)cc23)cc1. The van der Waals surface area contributed by atoms with Crippen LogP contribution in [0.25, 0.3) is 21.9 Å². The molecule has 0 fully saturated rings. The highest BCUT2D eigenvalue weighted by Crippen LogP contribution is 2.29. The van der Waals surface area contributed by atoms with Crippen LogP contribution >= 0.6 is 11.6 Å². The van der Waals surface area contributed by atoms with Crippen LogP contribution in [0.3, 0.4) is 0 Å². The number of rotatable bonds is 3. The van der Waals surface area contributed by atoms with E-state index in [-0.39, 0.29) is 5.82 Å². The Kier molecular flexibility index (Phi) is 3.35. The lowest BCUT2D eigenvalue weighted by molar-refractivity contribution is 0.627. The van der Waals surface area contributed by atoms with Crippen molar-refractivity contribution >= 4 is 39.4 Å². The molecule has 0 radical (unpaired) electrons. The molecule has 0 unspecified atom stereocenters. The van der Waals surface area contributed by atoms with Gasteiger partial charge in [-0.25, -0.2) is 14.4 Å². The van der Waals surface area contributed by atoms with Gasteiger partial charge in [-0.15, -0.1) is 0 Å². The Morgan fingerprint density at radius 3 is 2.74 bits per heavy atom. The standard InChI is InChI=1S/C17H12ClFN4/c18-11-3-6-14-13(7-11)15-16(23-14)17(22-9-21-15)20-8-10-1-4-12(19)5-2-10/h1-7,9,23H,8H2,(H,20,21,22). The maximum Gasteiger partial charge on any atom is 0.154 e. The topological polar surface area (TPSA) is 53.6 Å². The van der Waals surface area contributed by atoms with Crippen LogP contribution in [0.2, 0.25) is 5.02 Å². The number of aromatic amines is 1. The second-order valence-electron chi connectivity index (χ2n) is 5.24. The molecule has 2 aromatic carbocycles. The van der Waals surface area contributed by atoms with Gasteiger partial charge in [-0.3, -0.25) is 0 Å². The van der Waals surface area contributed by atoms with E-state index in [4.69, 9.17) is 11.6 Å². The van der Waals surface area contributed by atoms with Gasteiger partial charge in [0.25, 0.3) is 0 Å². The Bertz CT molecular complexity index is 995. The van der Waals surface area contributed by atoms with E-state index in [2.05, 4.69) is 20.3 Å². The van der Waals surface area contributed by atoms with Crippen LogP contribution in [0.4, 0.5) is 10.2 Å². The first kappa shape index (κ1) is 14.0. The lowest BCUT2D eigenvalue weighted by atomic mass is 10.2. The summed E-state index contributed by atoms with van der Waals surface area (Å²) in [5.74, 6) is 0.456. The fourth-order valence-corrected chi connectivity index (χ4v) is 2.76. The van der Waals surface area contributed by atoms with Gasteiger partial charge in [0, 0.05) is 22.5 Å². The number of benzene rings is 2. The molecule has 2 N–H and O–H groups in total. The molecule has 2 aromatic heterocycles. The van der Waals surface area contributed by atoms with Crippen molar-refractivity contribution in [3.8, 4) is 0 Å². The molecule has 4 aromatic rings. The highest BCUT2D eigenvalue weighted by Gasteiger charge is 2.10. The smallest absolute Gasteiger partial charge is 0.154 e. The Labute approximate surface area is 136 Å². The molecule has 4 nitrogen and oxygen atoms in total. The maximum atomic E-state index is 13.0. The molecule has 2 heterocycles. The van der Waals surface area contributed by atoms with E-state index in [0.717, 1.165) is 27.5 Å². The number of fused-ring (bicyclic) bond motifs is 3. The number of H-pyrrole nitrogens is 1. The van der Waals surface area contributed by atoms with E-state index in [0.29, 0.717) is 17.4 Å². The molecule has 0 aliphatic carbocycles. The normalized spacial score (nSPS) is 11.2. The summed E-state index contributed by atoms with van der Waals surface area (Å²) in [6.45, 7) is 0.544. The highest BCUT2D eigenvalue weighted by atomic mass is 35.5. The molecule has 0 saturated heterocycles.